The summed E-state index contributed by atoms with van der Waals surface area (Å²) in [6, 6.07) is 0.385. The summed E-state index contributed by atoms with van der Waals surface area (Å²) < 4.78 is 5.67. The number of nitrogens with one attached hydrogen (secondary N) is 1. The molecule has 0 amide bonds. The highest BCUT2D eigenvalue weighted by Gasteiger charge is 2.21. The molecule has 4 nitrogen and oxygen atoms in total. The van der Waals surface area contributed by atoms with Crippen LogP contribution in [0.5, 0.6) is 0 Å². The minimum atomic E-state index is 0.385. The van der Waals surface area contributed by atoms with E-state index >= 15 is 0 Å². The van der Waals surface area contributed by atoms with Crippen molar-refractivity contribution in [3.63, 3.8) is 0 Å². The summed E-state index contributed by atoms with van der Waals surface area (Å²) in [7, 11) is 2.08. The van der Waals surface area contributed by atoms with Crippen molar-refractivity contribution in [2.24, 2.45) is 5.92 Å². The van der Waals surface area contributed by atoms with E-state index in [1.807, 2.05) is 6.20 Å². The van der Waals surface area contributed by atoms with Crippen LogP contribution in [-0.2, 0) is 4.74 Å². The van der Waals surface area contributed by atoms with Gasteiger partial charge in [0, 0.05) is 37.3 Å². The van der Waals surface area contributed by atoms with Crippen molar-refractivity contribution >= 4 is 16.5 Å². The van der Waals surface area contributed by atoms with E-state index in [1.54, 1.807) is 11.3 Å². The summed E-state index contributed by atoms with van der Waals surface area (Å²) in [6.45, 7) is 7.94. The lowest BCUT2D eigenvalue weighted by atomic mass is 10.3. The SMILES string of the molecule is CCNC(C)c1cnc(N(C)CCOCC2CC2)s1. The van der Waals surface area contributed by atoms with Crippen LogP contribution in [0.25, 0.3) is 0 Å². The second-order valence-corrected chi connectivity index (χ2v) is 6.31. The molecule has 1 N–H and O–H groups in total. The molecule has 1 aromatic rings. The van der Waals surface area contributed by atoms with E-state index in [9.17, 15) is 0 Å². The minimum absolute atomic E-state index is 0.385. The van der Waals surface area contributed by atoms with E-state index in [0.29, 0.717) is 6.04 Å². The average molecular weight is 283 g/mol. The Morgan fingerprint density at radius 3 is 3.05 bits per heavy atom. The Labute approximate surface area is 120 Å². The maximum Gasteiger partial charge on any atom is 0.185 e. The Hall–Kier alpha value is -0.650. The first-order valence-electron chi connectivity index (χ1n) is 7.18. The first kappa shape index (κ1) is 14.8. The summed E-state index contributed by atoms with van der Waals surface area (Å²) in [6.07, 6.45) is 4.69. The number of nitrogens with zero attached hydrogens (tertiary/aromatic N) is 2. The first-order chi connectivity index (χ1) is 9.20. The van der Waals surface area contributed by atoms with Gasteiger partial charge in [0.05, 0.1) is 6.61 Å². The highest BCUT2D eigenvalue weighted by molar-refractivity contribution is 7.15. The normalized spacial score (nSPS) is 16.6. The van der Waals surface area contributed by atoms with Crippen LogP contribution in [0.1, 0.15) is 37.6 Å². The van der Waals surface area contributed by atoms with Crippen LogP contribution in [0.15, 0.2) is 6.20 Å². The molecule has 1 atom stereocenters. The molecule has 1 unspecified atom stereocenters. The van der Waals surface area contributed by atoms with Crippen molar-refractivity contribution in [1.82, 2.24) is 10.3 Å². The summed E-state index contributed by atoms with van der Waals surface area (Å²) >= 11 is 1.76. The van der Waals surface area contributed by atoms with Gasteiger partial charge in [-0.3, -0.25) is 0 Å². The van der Waals surface area contributed by atoms with Gasteiger partial charge in [-0.2, -0.15) is 0 Å². The van der Waals surface area contributed by atoms with Crippen molar-refractivity contribution in [2.45, 2.75) is 32.7 Å². The standard InChI is InChI=1S/C14H25N3OS/c1-4-15-11(2)13-9-16-14(19-13)17(3)7-8-18-10-12-5-6-12/h9,11-12,15H,4-8,10H2,1-3H3. The van der Waals surface area contributed by atoms with Crippen molar-refractivity contribution in [3.05, 3.63) is 11.1 Å². The lowest BCUT2D eigenvalue weighted by Crippen LogP contribution is -2.22. The van der Waals surface area contributed by atoms with Crippen molar-refractivity contribution in [1.29, 1.82) is 0 Å². The number of hydrogen-bond acceptors (Lipinski definition) is 5. The summed E-state index contributed by atoms with van der Waals surface area (Å²) in [5.74, 6) is 0.845. The Morgan fingerprint density at radius 2 is 2.37 bits per heavy atom. The summed E-state index contributed by atoms with van der Waals surface area (Å²) in [5, 5.41) is 4.49. The highest BCUT2D eigenvalue weighted by Crippen LogP contribution is 2.29. The van der Waals surface area contributed by atoms with E-state index < -0.39 is 0 Å². The van der Waals surface area contributed by atoms with E-state index in [4.69, 9.17) is 4.74 Å². The molecule has 0 aliphatic heterocycles. The Balaban J connectivity index is 1.72. The smallest absolute Gasteiger partial charge is 0.185 e. The highest BCUT2D eigenvalue weighted by atomic mass is 32.1. The largest absolute Gasteiger partial charge is 0.379 e. The van der Waals surface area contributed by atoms with Gasteiger partial charge in [-0.25, -0.2) is 4.98 Å². The van der Waals surface area contributed by atoms with Crippen LogP contribution < -0.4 is 10.2 Å². The van der Waals surface area contributed by atoms with Gasteiger partial charge >= 0.3 is 0 Å². The van der Waals surface area contributed by atoms with Crippen LogP contribution in [0.2, 0.25) is 0 Å². The number of aromatic nitrogens is 1. The second-order valence-electron chi connectivity index (χ2n) is 5.26. The minimum Gasteiger partial charge on any atom is -0.379 e. The predicted molar refractivity (Wildman–Crippen MR) is 81.0 cm³/mol. The van der Waals surface area contributed by atoms with Crippen molar-refractivity contribution in [3.8, 4) is 0 Å². The summed E-state index contributed by atoms with van der Waals surface area (Å²) in [5.41, 5.74) is 0. The fraction of sp³-hybridized carbons (Fsp3) is 0.786. The van der Waals surface area contributed by atoms with Crippen LogP contribution in [-0.4, -0.2) is 38.3 Å². The predicted octanol–water partition coefficient (Wildman–Crippen LogP) is 2.68. The second kappa shape index (κ2) is 7.22. The molecule has 1 heterocycles. The fourth-order valence-electron chi connectivity index (χ4n) is 1.89. The number of hydrogen-bond donors (Lipinski definition) is 1. The molecule has 108 valence electrons. The van der Waals surface area contributed by atoms with Gasteiger partial charge in [0.25, 0.3) is 0 Å². The van der Waals surface area contributed by atoms with Gasteiger partial charge in [-0.05, 0) is 32.2 Å². The van der Waals surface area contributed by atoms with Crippen LogP contribution in [0.4, 0.5) is 5.13 Å². The molecule has 0 spiro atoms. The molecule has 0 radical (unpaired) electrons. The molecule has 1 aliphatic carbocycles. The van der Waals surface area contributed by atoms with Gasteiger partial charge in [0.15, 0.2) is 5.13 Å². The Morgan fingerprint density at radius 1 is 1.58 bits per heavy atom. The molecule has 1 saturated carbocycles. The fourth-order valence-corrected chi connectivity index (χ4v) is 2.82. The van der Waals surface area contributed by atoms with Gasteiger partial charge in [0.1, 0.15) is 0 Å². The molecule has 1 fully saturated rings. The summed E-state index contributed by atoms with van der Waals surface area (Å²) in [4.78, 5) is 7.97. The number of likely N-dealkylation sites (N-methyl/N-ethyl adjacent to an activating group) is 1. The number of rotatable bonds is 9. The quantitative estimate of drug-likeness (QED) is 0.707. The van der Waals surface area contributed by atoms with Crippen LogP contribution in [0.3, 0.4) is 0 Å². The molecule has 0 bridgehead atoms. The molecule has 19 heavy (non-hydrogen) atoms. The van der Waals surface area contributed by atoms with Crippen molar-refractivity contribution in [2.75, 3.05) is 38.3 Å². The third-order valence-electron chi connectivity index (χ3n) is 3.40. The van der Waals surface area contributed by atoms with E-state index in [0.717, 1.165) is 37.4 Å². The van der Waals surface area contributed by atoms with E-state index in [1.165, 1.54) is 17.7 Å². The molecular formula is C14H25N3OS. The lowest BCUT2D eigenvalue weighted by molar-refractivity contribution is 0.131. The number of ether oxygens (including phenoxy) is 1. The van der Waals surface area contributed by atoms with Crippen LogP contribution in [0, 0.1) is 5.92 Å². The third kappa shape index (κ3) is 4.75. The maximum atomic E-state index is 5.67. The Bertz CT molecular complexity index is 379. The Kier molecular flexibility index (Phi) is 5.60. The van der Waals surface area contributed by atoms with Gasteiger partial charge in [-0.1, -0.05) is 6.92 Å². The third-order valence-corrected chi connectivity index (χ3v) is 4.69. The lowest BCUT2D eigenvalue weighted by Gasteiger charge is -2.15. The van der Waals surface area contributed by atoms with Gasteiger partial charge in [-0.15, -0.1) is 11.3 Å². The zero-order valence-corrected chi connectivity index (χ0v) is 13.0. The van der Waals surface area contributed by atoms with Gasteiger partial charge in [0.2, 0.25) is 0 Å². The van der Waals surface area contributed by atoms with Crippen molar-refractivity contribution < 1.29 is 4.74 Å². The molecule has 1 aliphatic rings. The molecular weight excluding hydrogens is 258 g/mol. The molecule has 0 saturated heterocycles. The number of thiazole rings is 1. The van der Waals surface area contributed by atoms with E-state index in [2.05, 4.69) is 36.1 Å². The molecule has 2 rings (SSSR count). The molecule has 1 aromatic heterocycles. The topological polar surface area (TPSA) is 37.4 Å². The monoisotopic (exact) mass is 283 g/mol. The van der Waals surface area contributed by atoms with Crippen LogP contribution >= 0.6 is 11.3 Å². The molecule has 5 heteroatoms. The van der Waals surface area contributed by atoms with E-state index in [-0.39, 0.29) is 0 Å². The maximum absolute atomic E-state index is 5.67. The average Bonchev–Trinajstić information content (AvgIpc) is 3.08. The molecule has 0 aromatic carbocycles. The van der Waals surface area contributed by atoms with Gasteiger partial charge < -0.3 is 15.0 Å². The number of anilines is 1. The zero-order chi connectivity index (χ0) is 13.7. The first-order valence-corrected chi connectivity index (χ1v) is 8.00. The zero-order valence-electron chi connectivity index (χ0n) is 12.2.